The van der Waals surface area contributed by atoms with Crippen molar-refractivity contribution in [1.82, 2.24) is 0 Å². The molecule has 166 valence electrons. The molecule has 2 unspecified atom stereocenters. The lowest BCUT2D eigenvalue weighted by molar-refractivity contribution is -0.126. The number of ketones is 1. The van der Waals surface area contributed by atoms with E-state index in [1.807, 2.05) is 20.8 Å². The summed E-state index contributed by atoms with van der Waals surface area (Å²) in [6, 6.07) is 0. The van der Waals surface area contributed by atoms with Crippen LogP contribution < -0.4 is 0 Å². The third-order valence-electron chi connectivity index (χ3n) is 6.81. The summed E-state index contributed by atoms with van der Waals surface area (Å²) in [5, 5.41) is 0. The van der Waals surface area contributed by atoms with Gasteiger partial charge in [0.2, 0.25) is 0 Å². The molecule has 0 radical (unpaired) electrons. The van der Waals surface area contributed by atoms with Gasteiger partial charge in [-0.3, -0.25) is 4.79 Å². The van der Waals surface area contributed by atoms with Crippen molar-refractivity contribution < 1.29 is 4.79 Å². The lowest BCUT2D eigenvalue weighted by Gasteiger charge is -2.16. The van der Waals surface area contributed by atoms with Crippen LogP contribution in [0.3, 0.4) is 0 Å². The van der Waals surface area contributed by atoms with E-state index in [2.05, 4.69) is 6.92 Å². The molecule has 1 rings (SSSR count). The fourth-order valence-electron chi connectivity index (χ4n) is 4.51. The monoisotopic (exact) mass is 392 g/mol. The number of hydrogen-bond donors (Lipinski definition) is 0. The van der Waals surface area contributed by atoms with Gasteiger partial charge in [-0.1, -0.05) is 130 Å². The van der Waals surface area contributed by atoms with Crippen LogP contribution in [-0.2, 0) is 4.79 Å². The van der Waals surface area contributed by atoms with E-state index in [0.29, 0.717) is 5.78 Å². The Kier molecular flexibility index (Phi) is 14.2. The molecule has 0 aromatic heterocycles. The number of rotatable bonds is 19. The van der Waals surface area contributed by atoms with E-state index in [9.17, 15) is 4.79 Å². The molecule has 0 aliphatic heterocycles. The van der Waals surface area contributed by atoms with Crippen molar-refractivity contribution in [3.63, 3.8) is 0 Å². The average molecular weight is 393 g/mol. The Morgan fingerprint density at radius 1 is 0.643 bits per heavy atom. The SMILES string of the molecule is CCCCCCCCCCCCC1CC1CCCCCCCC(=O)C(C)(C)C. The summed E-state index contributed by atoms with van der Waals surface area (Å²) in [6.45, 7) is 8.41. The topological polar surface area (TPSA) is 17.1 Å². The smallest absolute Gasteiger partial charge is 0.138 e. The molecule has 0 bridgehead atoms. The van der Waals surface area contributed by atoms with Gasteiger partial charge in [-0.25, -0.2) is 0 Å². The van der Waals surface area contributed by atoms with Gasteiger partial charge >= 0.3 is 0 Å². The van der Waals surface area contributed by atoms with E-state index in [1.54, 1.807) is 0 Å². The summed E-state index contributed by atoms with van der Waals surface area (Å²) in [5.41, 5.74) is -0.144. The maximum atomic E-state index is 11.9. The number of carbonyl (C=O) groups excluding carboxylic acids is 1. The Labute approximate surface area is 177 Å². The van der Waals surface area contributed by atoms with Crippen LogP contribution in [0.25, 0.3) is 0 Å². The quantitative estimate of drug-likeness (QED) is 0.200. The van der Waals surface area contributed by atoms with Crippen molar-refractivity contribution in [1.29, 1.82) is 0 Å². The summed E-state index contributed by atoms with van der Waals surface area (Å²) in [6.07, 6.45) is 26.3. The largest absolute Gasteiger partial charge is 0.299 e. The van der Waals surface area contributed by atoms with Crippen molar-refractivity contribution in [3.05, 3.63) is 0 Å². The second-order valence-corrected chi connectivity index (χ2v) is 10.7. The summed E-state index contributed by atoms with van der Waals surface area (Å²) in [5.74, 6) is 2.58. The zero-order valence-electron chi connectivity index (χ0n) is 20.0. The molecule has 0 amide bonds. The molecular weight excluding hydrogens is 340 g/mol. The van der Waals surface area contributed by atoms with Gasteiger partial charge in [-0.15, -0.1) is 0 Å². The molecule has 1 aliphatic carbocycles. The lowest BCUT2D eigenvalue weighted by Crippen LogP contribution is -2.19. The molecule has 0 heterocycles. The van der Waals surface area contributed by atoms with Crippen LogP contribution in [0.4, 0.5) is 0 Å². The van der Waals surface area contributed by atoms with E-state index >= 15 is 0 Å². The second kappa shape index (κ2) is 15.5. The normalized spacial score (nSPS) is 19.1. The summed E-state index contributed by atoms with van der Waals surface area (Å²) < 4.78 is 0. The van der Waals surface area contributed by atoms with Crippen molar-refractivity contribution in [2.75, 3.05) is 0 Å². The minimum absolute atomic E-state index is 0.144. The first-order valence-corrected chi connectivity index (χ1v) is 13.0. The Morgan fingerprint density at radius 3 is 1.46 bits per heavy atom. The number of Topliss-reactive ketones (excluding diaryl/α,β-unsaturated/α-hetero) is 1. The van der Waals surface area contributed by atoms with Gasteiger partial charge in [-0.05, 0) is 24.7 Å². The predicted molar refractivity (Wildman–Crippen MR) is 125 cm³/mol. The summed E-state index contributed by atoms with van der Waals surface area (Å²) in [7, 11) is 0. The second-order valence-electron chi connectivity index (χ2n) is 10.7. The minimum atomic E-state index is -0.144. The highest BCUT2D eigenvalue weighted by atomic mass is 16.1. The molecule has 0 saturated heterocycles. The maximum absolute atomic E-state index is 11.9. The first-order valence-electron chi connectivity index (χ1n) is 13.0. The standard InChI is InChI=1S/C27H52O/c1-5-6-7-8-9-10-11-12-14-17-20-24-23-25(24)21-18-15-13-16-19-22-26(28)27(2,3)4/h24-25H,5-23H2,1-4H3. The van der Waals surface area contributed by atoms with Crippen LogP contribution in [-0.4, -0.2) is 5.78 Å². The van der Waals surface area contributed by atoms with Gasteiger partial charge in [0, 0.05) is 11.8 Å². The van der Waals surface area contributed by atoms with Crippen LogP contribution in [0.1, 0.15) is 150 Å². The van der Waals surface area contributed by atoms with E-state index < -0.39 is 0 Å². The van der Waals surface area contributed by atoms with Crippen molar-refractivity contribution >= 4 is 5.78 Å². The van der Waals surface area contributed by atoms with Gasteiger partial charge in [0.1, 0.15) is 5.78 Å². The molecular formula is C27H52O. The Balaban J connectivity index is 1.78. The van der Waals surface area contributed by atoms with E-state index in [-0.39, 0.29) is 5.41 Å². The molecule has 0 aromatic rings. The van der Waals surface area contributed by atoms with Crippen molar-refractivity contribution in [2.45, 2.75) is 150 Å². The van der Waals surface area contributed by atoms with Crippen LogP contribution in [0.15, 0.2) is 0 Å². The lowest BCUT2D eigenvalue weighted by atomic mass is 9.88. The Bertz CT molecular complexity index is 378. The molecule has 1 aliphatic rings. The zero-order chi connectivity index (χ0) is 20.7. The van der Waals surface area contributed by atoms with Gasteiger partial charge < -0.3 is 0 Å². The number of unbranched alkanes of at least 4 members (excludes halogenated alkanes) is 13. The molecule has 0 N–H and O–H groups in total. The van der Waals surface area contributed by atoms with E-state index in [4.69, 9.17) is 0 Å². The van der Waals surface area contributed by atoms with Gasteiger partial charge in [0.05, 0.1) is 0 Å². The van der Waals surface area contributed by atoms with Gasteiger partial charge in [0.15, 0.2) is 0 Å². The van der Waals surface area contributed by atoms with Crippen LogP contribution in [0.5, 0.6) is 0 Å². The van der Waals surface area contributed by atoms with Crippen LogP contribution in [0, 0.1) is 17.3 Å². The molecule has 1 saturated carbocycles. The third kappa shape index (κ3) is 13.8. The molecule has 1 fully saturated rings. The van der Waals surface area contributed by atoms with Crippen molar-refractivity contribution in [3.8, 4) is 0 Å². The fraction of sp³-hybridized carbons (Fsp3) is 0.963. The van der Waals surface area contributed by atoms with Crippen LogP contribution in [0.2, 0.25) is 0 Å². The van der Waals surface area contributed by atoms with Gasteiger partial charge in [0.25, 0.3) is 0 Å². The molecule has 2 atom stereocenters. The van der Waals surface area contributed by atoms with E-state index in [1.165, 1.54) is 109 Å². The highest BCUT2D eigenvalue weighted by Gasteiger charge is 2.34. The Morgan fingerprint density at radius 2 is 1.04 bits per heavy atom. The maximum Gasteiger partial charge on any atom is 0.138 e. The summed E-state index contributed by atoms with van der Waals surface area (Å²) >= 11 is 0. The predicted octanol–water partition coefficient (Wildman–Crippen LogP) is 9.28. The Hall–Kier alpha value is -0.330. The van der Waals surface area contributed by atoms with Gasteiger partial charge in [-0.2, -0.15) is 0 Å². The fourth-order valence-corrected chi connectivity index (χ4v) is 4.51. The molecule has 0 aromatic carbocycles. The first kappa shape index (κ1) is 25.7. The first-order chi connectivity index (χ1) is 13.4. The number of hydrogen-bond acceptors (Lipinski definition) is 1. The summed E-state index contributed by atoms with van der Waals surface area (Å²) in [4.78, 5) is 11.9. The molecule has 0 spiro atoms. The molecule has 28 heavy (non-hydrogen) atoms. The zero-order valence-corrected chi connectivity index (χ0v) is 20.0. The van der Waals surface area contributed by atoms with Crippen molar-refractivity contribution in [2.24, 2.45) is 17.3 Å². The molecule has 1 heteroatoms. The van der Waals surface area contributed by atoms with E-state index in [0.717, 1.165) is 24.7 Å². The highest BCUT2D eigenvalue weighted by molar-refractivity contribution is 5.83. The number of carbonyl (C=O) groups is 1. The highest BCUT2D eigenvalue weighted by Crippen LogP contribution is 2.45. The van der Waals surface area contributed by atoms with Crippen LogP contribution >= 0.6 is 0 Å². The minimum Gasteiger partial charge on any atom is -0.299 e. The average Bonchev–Trinajstić information content (AvgIpc) is 3.39. The molecule has 1 nitrogen and oxygen atoms in total. The third-order valence-corrected chi connectivity index (χ3v) is 6.81.